The normalized spacial score (nSPS) is 36.0. The predicted octanol–water partition coefficient (Wildman–Crippen LogP) is 4.99. The molecule has 3 aliphatic rings. The third-order valence-corrected chi connectivity index (χ3v) is 5.89. The van der Waals surface area contributed by atoms with Gasteiger partial charge in [0.2, 0.25) is 0 Å². The Morgan fingerprint density at radius 1 is 1.25 bits per heavy atom. The molecule has 0 aromatic heterocycles. The maximum absolute atomic E-state index is 12.6. The maximum atomic E-state index is 12.6. The molecule has 0 saturated heterocycles. The number of hydrogen-bond donors (Lipinski definition) is 0. The van der Waals surface area contributed by atoms with Gasteiger partial charge in [0, 0.05) is 17.4 Å². The van der Waals surface area contributed by atoms with E-state index >= 15 is 0 Å². The molecule has 1 saturated carbocycles. The average Bonchev–Trinajstić information content (AvgIpc) is 2.40. The number of carbonyl (C=O) groups is 1. The zero-order valence-electron chi connectivity index (χ0n) is 13.1. The quantitative estimate of drug-likeness (QED) is 0.613. The van der Waals surface area contributed by atoms with Crippen LogP contribution in [-0.4, -0.2) is 5.78 Å². The van der Waals surface area contributed by atoms with E-state index in [1.165, 1.54) is 24.8 Å². The molecule has 0 bridgehead atoms. The zero-order chi connectivity index (χ0) is 14.5. The highest BCUT2D eigenvalue weighted by atomic mass is 16.1. The standard InChI is InChI=1S/C19H26O/c1-5-19(4)10-8-13-14-7-6-9-18(2,3)16(14)11-17(20)15(13)12-19/h5,12,16H,1,6-11H2,2-4H3/t16-,19+/m1/s1. The Balaban J connectivity index is 2.11. The van der Waals surface area contributed by atoms with Crippen LogP contribution in [0.15, 0.2) is 35.5 Å². The van der Waals surface area contributed by atoms with Crippen LogP contribution < -0.4 is 0 Å². The first-order chi connectivity index (χ1) is 9.36. The summed E-state index contributed by atoms with van der Waals surface area (Å²) in [7, 11) is 0. The summed E-state index contributed by atoms with van der Waals surface area (Å²) in [6, 6.07) is 0. The molecule has 0 aromatic rings. The topological polar surface area (TPSA) is 17.1 Å². The molecule has 0 amide bonds. The molecule has 20 heavy (non-hydrogen) atoms. The van der Waals surface area contributed by atoms with Crippen LogP contribution in [-0.2, 0) is 4.79 Å². The first kappa shape index (κ1) is 13.9. The summed E-state index contributed by atoms with van der Waals surface area (Å²) in [5, 5.41) is 0. The fraction of sp³-hybridized carbons (Fsp3) is 0.632. The van der Waals surface area contributed by atoms with Gasteiger partial charge >= 0.3 is 0 Å². The minimum Gasteiger partial charge on any atom is -0.294 e. The third-order valence-electron chi connectivity index (χ3n) is 5.89. The van der Waals surface area contributed by atoms with Gasteiger partial charge in [0.05, 0.1) is 0 Å². The summed E-state index contributed by atoms with van der Waals surface area (Å²) < 4.78 is 0. The fourth-order valence-electron chi connectivity index (χ4n) is 4.37. The van der Waals surface area contributed by atoms with Gasteiger partial charge in [-0.2, -0.15) is 0 Å². The van der Waals surface area contributed by atoms with Crippen LogP contribution in [0.2, 0.25) is 0 Å². The van der Waals surface area contributed by atoms with Crippen molar-refractivity contribution in [1.82, 2.24) is 0 Å². The zero-order valence-corrected chi connectivity index (χ0v) is 13.1. The number of allylic oxidation sites excluding steroid dienone is 5. The number of fused-ring (bicyclic) bond motifs is 2. The van der Waals surface area contributed by atoms with Crippen molar-refractivity contribution in [3.8, 4) is 0 Å². The molecule has 0 aromatic carbocycles. The molecule has 0 radical (unpaired) electrons. The lowest BCUT2D eigenvalue weighted by Crippen LogP contribution is -2.37. The van der Waals surface area contributed by atoms with Crippen molar-refractivity contribution in [1.29, 1.82) is 0 Å². The van der Waals surface area contributed by atoms with Crippen LogP contribution in [0.1, 0.15) is 59.3 Å². The molecule has 0 aliphatic heterocycles. The molecule has 108 valence electrons. The van der Waals surface area contributed by atoms with Crippen molar-refractivity contribution in [2.24, 2.45) is 16.7 Å². The van der Waals surface area contributed by atoms with Crippen LogP contribution in [0, 0.1) is 16.7 Å². The number of ketones is 1. The van der Waals surface area contributed by atoms with Gasteiger partial charge in [-0.25, -0.2) is 0 Å². The number of Topliss-reactive ketones (excluding diaryl/α,β-unsaturated/α-hetero) is 1. The number of rotatable bonds is 1. The molecule has 3 aliphatic carbocycles. The Kier molecular flexibility index (Phi) is 3.08. The lowest BCUT2D eigenvalue weighted by molar-refractivity contribution is -0.117. The van der Waals surface area contributed by atoms with E-state index in [1.54, 1.807) is 5.57 Å². The minimum absolute atomic E-state index is 0.00603. The van der Waals surface area contributed by atoms with Gasteiger partial charge in [0.1, 0.15) is 0 Å². The average molecular weight is 270 g/mol. The lowest BCUT2D eigenvalue weighted by Gasteiger charge is -2.46. The van der Waals surface area contributed by atoms with Crippen LogP contribution in [0.5, 0.6) is 0 Å². The summed E-state index contributed by atoms with van der Waals surface area (Å²) in [5.74, 6) is 0.862. The van der Waals surface area contributed by atoms with Crippen molar-refractivity contribution in [2.75, 3.05) is 0 Å². The summed E-state index contributed by atoms with van der Waals surface area (Å²) in [6.07, 6.45) is 10.8. The Morgan fingerprint density at radius 3 is 2.70 bits per heavy atom. The Bertz CT molecular complexity index is 532. The molecule has 1 fully saturated rings. The second-order valence-corrected chi connectivity index (χ2v) is 7.79. The third kappa shape index (κ3) is 2.03. The summed E-state index contributed by atoms with van der Waals surface area (Å²) in [5.41, 5.74) is 4.34. The molecule has 2 atom stereocenters. The van der Waals surface area contributed by atoms with E-state index in [1.807, 2.05) is 6.08 Å². The summed E-state index contributed by atoms with van der Waals surface area (Å²) in [6.45, 7) is 10.8. The van der Waals surface area contributed by atoms with Gasteiger partial charge in [-0.1, -0.05) is 38.5 Å². The number of hydrogen-bond acceptors (Lipinski definition) is 1. The van der Waals surface area contributed by atoms with Gasteiger partial charge < -0.3 is 0 Å². The highest BCUT2D eigenvalue weighted by Crippen LogP contribution is 2.53. The van der Waals surface area contributed by atoms with E-state index in [4.69, 9.17) is 0 Å². The van der Waals surface area contributed by atoms with Crippen molar-refractivity contribution in [3.05, 3.63) is 35.5 Å². The second kappa shape index (κ2) is 4.44. The van der Waals surface area contributed by atoms with E-state index in [0.717, 1.165) is 24.8 Å². The van der Waals surface area contributed by atoms with Gasteiger partial charge in [0.15, 0.2) is 5.78 Å². The van der Waals surface area contributed by atoms with Crippen molar-refractivity contribution >= 4 is 5.78 Å². The van der Waals surface area contributed by atoms with Gasteiger partial charge in [-0.05, 0) is 49.0 Å². The van der Waals surface area contributed by atoms with Crippen LogP contribution >= 0.6 is 0 Å². The Hall–Kier alpha value is -1.11. The fourth-order valence-corrected chi connectivity index (χ4v) is 4.37. The monoisotopic (exact) mass is 270 g/mol. The van der Waals surface area contributed by atoms with Crippen LogP contribution in [0.4, 0.5) is 0 Å². The highest BCUT2D eigenvalue weighted by Gasteiger charge is 2.43. The SMILES string of the molecule is C=C[C@]1(C)C=C2C(=O)C[C@@H]3C(=C2CC1)CCCC3(C)C. The number of carbonyl (C=O) groups excluding carboxylic acids is 1. The van der Waals surface area contributed by atoms with E-state index in [-0.39, 0.29) is 5.41 Å². The lowest BCUT2D eigenvalue weighted by atomic mass is 9.58. The summed E-state index contributed by atoms with van der Waals surface area (Å²) in [4.78, 5) is 12.6. The first-order valence-electron chi connectivity index (χ1n) is 7.98. The Morgan fingerprint density at radius 2 is 2.00 bits per heavy atom. The summed E-state index contributed by atoms with van der Waals surface area (Å²) >= 11 is 0. The van der Waals surface area contributed by atoms with Crippen LogP contribution in [0.25, 0.3) is 0 Å². The first-order valence-corrected chi connectivity index (χ1v) is 7.98. The highest BCUT2D eigenvalue weighted by molar-refractivity contribution is 6.02. The van der Waals surface area contributed by atoms with Gasteiger partial charge in [0.25, 0.3) is 0 Å². The molecule has 0 unspecified atom stereocenters. The van der Waals surface area contributed by atoms with Crippen molar-refractivity contribution < 1.29 is 4.79 Å². The minimum atomic E-state index is 0.00603. The van der Waals surface area contributed by atoms with Crippen molar-refractivity contribution in [3.63, 3.8) is 0 Å². The maximum Gasteiger partial charge on any atom is 0.163 e. The van der Waals surface area contributed by atoms with E-state index < -0.39 is 0 Å². The van der Waals surface area contributed by atoms with Gasteiger partial charge in [-0.15, -0.1) is 6.58 Å². The smallest absolute Gasteiger partial charge is 0.163 e. The van der Waals surface area contributed by atoms with Gasteiger partial charge in [-0.3, -0.25) is 4.79 Å². The molecular weight excluding hydrogens is 244 g/mol. The van der Waals surface area contributed by atoms with E-state index in [9.17, 15) is 4.79 Å². The second-order valence-electron chi connectivity index (χ2n) is 7.79. The Labute approximate surface area is 122 Å². The predicted molar refractivity (Wildman–Crippen MR) is 83.4 cm³/mol. The molecular formula is C19H26O. The van der Waals surface area contributed by atoms with E-state index in [0.29, 0.717) is 17.1 Å². The largest absolute Gasteiger partial charge is 0.294 e. The van der Waals surface area contributed by atoms with E-state index in [2.05, 4.69) is 33.4 Å². The molecule has 1 nitrogen and oxygen atoms in total. The van der Waals surface area contributed by atoms with Crippen molar-refractivity contribution in [2.45, 2.75) is 59.3 Å². The van der Waals surface area contributed by atoms with Crippen LogP contribution in [0.3, 0.4) is 0 Å². The molecule has 3 rings (SSSR count). The molecule has 0 heterocycles. The molecule has 1 heteroatoms. The molecule has 0 spiro atoms. The molecule has 0 N–H and O–H groups in total.